The average Bonchev–Trinajstić information content (AvgIpc) is 2.64. The second kappa shape index (κ2) is 7.88. The molecule has 1 aliphatic heterocycles. The van der Waals surface area contributed by atoms with Crippen molar-refractivity contribution in [3.63, 3.8) is 0 Å². The average molecular weight is 325 g/mol. The van der Waals surface area contributed by atoms with Crippen molar-refractivity contribution in [1.82, 2.24) is 14.8 Å². The van der Waals surface area contributed by atoms with Gasteiger partial charge in [0, 0.05) is 50.7 Å². The summed E-state index contributed by atoms with van der Waals surface area (Å²) in [6, 6.07) is 14.9. The van der Waals surface area contributed by atoms with Gasteiger partial charge in [-0.3, -0.25) is 14.8 Å². The van der Waals surface area contributed by atoms with E-state index in [1.54, 1.807) is 0 Å². The van der Waals surface area contributed by atoms with Gasteiger partial charge in [0.15, 0.2) is 0 Å². The van der Waals surface area contributed by atoms with E-state index in [0.717, 1.165) is 25.2 Å². The number of rotatable bonds is 5. The van der Waals surface area contributed by atoms with E-state index in [-0.39, 0.29) is 0 Å². The Labute approximate surface area is 144 Å². The number of piperazine rings is 1. The lowest BCUT2D eigenvalue weighted by atomic mass is 10.0. The third-order valence-electron chi connectivity index (χ3n) is 5.10. The number of aliphatic hydroxyl groups is 1. The monoisotopic (exact) mass is 325 g/mol. The Kier molecular flexibility index (Phi) is 5.61. The number of aliphatic hydroxyl groups excluding tert-OH is 1. The zero-order valence-electron chi connectivity index (χ0n) is 14.5. The zero-order valence-corrected chi connectivity index (χ0v) is 14.5. The van der Waals surface area contributed by atoms with Crippen molar-refractivity contribution in [2.75, 3.05) is 26.2 Å². The first kappa shape index (κ1) is 17.1. The summed E-state index contributed by atoms with van der Waals surface area (Å²) in [6.45, 7) is 8.20. The molecule has 2 aromatic rings. The van der Waals surface area contributed by atoms with Crippen LogP contribution in [0.5, 0.6) is 0 Å². The summed E-state index contributed by atoms with van der Waals surface area (Å²) in [4.78, 5) is 9.14. The van der Waals surface area contributed by atoms with Gasteiger partial charge in [0.2, 0.25) is 0 Å². The minimum absolute atomic E-state index is 0.377. The predicted molar refractivity (Wildman–Crippen MR) is 96.7 cm³/mol. The molecule has 0 bridgehead atoms. The van der Waals surface area contributed by atoms with E-state index in [2.05, 4.69) is 34.7 Å². The fourth-order valence-electron chi connectivity index (χ4n) is 3.48. The molecule has 0 amide bonds. The maximum absolute atomic E-state index is 10.5. The fourth-order valence-corrected chi connectivity index (χ4v) is 3.48. The first-order valence-electron chi connectivity index (χ1n) is 8.76. The van der Waals surface area contributed by atoms with Gasteiger partial charge in [0.05, 0.1) is 6.10 Å². The SMILES string of the molecule is C[C@@H]1CN([C@@H](C)c2cccnc2)CCN1C[C@@H](O)c1ccccc1. The lowest BCUT2D eigenvalue weighted by Gasteiger charge is -2.43. The van der Waals surface area contributed by atoms with Gasteiger partial charge >= 0.3 is 0 Å². The standard InChI is InChI=1S/C20H27N3O/c1-16-14-23(17(2)19-9-6-10-21-13-19)12-11-22(16)15-20(24)18-7-4-3-5-8-18/h3-10,13,16-17,20,24H,11-12,14-15H2,1-2H3/t16-,17+,20-/m1/s1. The summed E-state index contributed by atoms with van der Waals surface area (Å²) in [5.74, 6) is 0. The maximum Gasteiger partial charge on any atom is 0.0917 e. The molecule has 0 radical (unpaired) electrons. The lowest BCUT2D eigenvalue weighted by Crippen LogP contribution is -2.53. The maximum atomic E-state index is 10.5. The van der Waals surface area contributed by atoms with E-state index in [9.17, 15) is 5.11 Å². The third-order valence-corrected chi connectivity index (χ3v) is 5.10. The van der Waals surface area contributed by atoms with Crippen molar-refractivity contribution >= 4 is 0 Å². The molecule has 4 nitrogen and oxygen atoms in total. The van der Waals surface area contributed by atoms with E-state index in [0.29, 0.717) is 18.6 Å². The molecule has 1 saturated heterocycles. The first-order valence-corrected chi connectivity index (χ1v) is 8.76. The molecule has 0 saturated carbocycles. The van der Waals surface area contributed by atoms with Crippen LogP contribution in [0.25, 0.3) is 0 Å². The molecule has 2 heterocycles. The first-order chi connectivity index (χ1) is 11.6. The molecule has 1 aromatic heterocycles. The molecule has 24 heavy (non-hydrogen) atoms. The molecular weight excluding hydrogens is 298 g/mol. The second-order valence-corrected chi connectivity index (χ2v) is 6.73. The largest absolute Gasteiger partial charge is 0.387 e. The number of hydrogen-bond acceptors (Lipinski definition) is 4. The molecule has 1 aliphatic rings. The van der Waals surface area contributed by atoms with Crippen LogP contribution in [0.15, 0.2) is 54.9 Å². The lowest BCUT2D eigenvalue weighted by molar-refractivity contribution is 0.0252. The number of nitrogens with zero attached hydrogens (tertiary/aromatic N) is 3. The van der Waals surface area contributed by atoms with Crippen LogP contribution in [0.3, 0.4) is 0 Å². The highest BCUT2D eigenvalue weighted by Gasteiger charge is 2.28. The van der Waals surface area contributed by atoms with Gasteiger partial charge in [0.25, 0.3) is 0 Å². The van der Waals surface area contributed by atoms with Gasteiger partial charge in [0.1, 0.15) is 0 Å². The summed E-state index contributed by atoms with van der Waals surface area (Å²) in [5.41, 5.74) is 2.26. The van der Waals surface area contributed by atoms with Gasteiger partial charge in [-0.15, -0.1) is 0 Å². The van der Waals surface area contributed by atoms with Crippen molar-refractivity contribution in [3.05, 3.63) is 66.0 Å². The van der Waals surface area contributed by atoms with Crippen LogP contribution in [-0.4, -0.2) is 52.1 Å². The molecule has 3 atom stereocenters. The fraction of sp³-hybridized carbons (Fsp3) is 0.450. The van der Waals surface area contributed by atoms with Crippen LogP contribution in [0.2, 0.25) is 0 Å². The van der Waals surface area contributed by atoms with Gasteiger partial charge in [-0.05, 0) is 31.0 Å². The van der Waals surface area contributed by atoms with Crippen LogP contribution >= 0.6 is 0 Å². The number of hydrogen-bond donors (Lipinski definition) is 1. The van der Waals surface area contributed by atoms with Gasteiger partial charge in [-0.25, -0.2) is 0 Å². The van der Waals surface area contributed by atoms with Crippen LogP contribution < -0.4 is 0 Å². The molecule has 0 unspecified atom stereocenters. The minimum Gasteiger partial charge on any atom is -0.387 e. The molecule has 1 aromatic carbocycles. The van der Waals surface area contributed by atoms with Crippen LogP contribution in [0.4, 0.5) is 0 Å². The van der Waals surface area contributed by atoms with E-state index in [4.69, 9.17) is 0 Å². The van der Waals surface area contributed by atoms with Crippen molar-refractivity contribution in [3.8, 4) is 0 Å². The summed E-state index contributed by atoms with van der Waals surface area (Å²) in [7, 11) is 0. The van der Waals surface area contributed by atoms with Gasteiger partial charge in [-0.2, -0.15) is 0 Å². The highest BCUT2D eigenvalue weighted by atomic mass is 16.3. The normalized spacial score (nSPS) is 22.2. The zero-order chi connectivity index (χ0) is 16.9. The van der Waals surface area contributed by atoms with Crippen LogP contribution in [-0.2, 0) is 0 Å². The van der Waals surface area contributed by atoms with Crippen molar-refractivity contribution in [2.24, 2.45) is 0 Å². The molecule has 4 heteroatoms. The summed E-state index contributed by atoms with van der Waals surface area (Å²) >= 11 is 0. The van der Waals surface area contributed by atoms with Gasteiger partial charge < -0.3 is 5.11 Å². The van der Waals surface area contributed by atoms with Crippen molar-refractivity contribution in [2.45, 2.75) is 32.0 Å². The van der Waals surface area contributed by atoms with E-state index < -0.39 is 6.10 Å². The van der Waals surface area contributed by atoms with Crippen LogP contribution in [0.1, 0.15) is 37.1 Å². The Bertz CT molecular complexity index is 619. The second-order valence-electron chi connectivity index (χ2n) is 6.73. The Balaban J connectivity index is 1.57. The molecule has 1 fully saturated rings. The molecule has 128 valence electrons. The Morgan fingerprint density at radius 2 is 1.88 bits per heavy atom. The van der Waals surface area contributed by atoms with Crippen molar-refractivity contribution in [1.29, 1.82) is 0 Å². The predicted octanol–water partition coefficient (Wildman–Crippen LogP) is 2.88. The van der Waals surface area contributed by atoms with E-state index >= 15 is 0 Å². The van der Waals surface area contributed by atoms with Crippen LogP contribution in [0, 0.1) is 0 Å². The molecular formula is C20H27N3O. The number of benzene rings is 1. The van der Waals surface area contributed by atoms with Gasteiger partial charge in [-0.1, -0.05) is 36.4 Å². The highest BCUT2D eigenvalue weighted by molar-refractivity contribution is 5.18. The number of aromatic nitrogens is 1. The summed E-state index contributed by atoms with van der Waals surface area (Å²) in [6.07, 6.45) is 3.36. The molecule has 0 aliphatic carbocycles. The molecule has 3 rings (SSSR count). The molecule has 1 N–H and O–H groups in total. The molecule has 0 spiro atoms. The minimum atomic E-state index is -0.420. The number of β-amino-alcohol motifs (C(OH)–C–C–N with tert-alkyl or cyclic N) is 1. The number of pyridine rings is 1. The Morgan fingerprint density at radius 3 is 2.54 bits per heavy atom. The van der Waals surface area contributed by atoms with E-state index in [1.165, 1.54) is 5.56 Å². The smallest absolute Gasteiger partial charge is 0.0917 e. The third kappa shape index (κ3) is 4.01. The topological polar surface area (TPSA) is 39.6 Å². The quantitative estimate of drug-likeness (QED) is 0.917. The summed E-state index contributed by atoms with van der Waals surface area (Å²) < 4.78 is 0. The Hall–Kier alpha value is -1.75. The summed E-state index contributed by atoms with van der Waals surface area (Å²) in [5, 5.41) is 10.5. The van der Waals surface area contributed by atoms with E-state index in [1.807, 2.05) is 48.8 Å². The highest BCUT2D eigenvalue weighted by Crippen LogP contribution is 2.24. The Morgan fingerprint density at radius 1 is 1.12 bits per heavy atom. The van der Waals surface area contributed by atoms with Crippen molar-refractivity contribution < 1.29 is 5.11 Å².